The van der Waals surface area contributed by atoms with E-state index in [1.807, 2.05) is 20.8 Å². The van der Waals surface area contributed by atoms with E-state index in [0.717, 1.165) is 25.9 Å². The van der Waals surface area contributed by atoms with Crippen LogP contribution in [0.15, 0.2) is 0 Å². The lowest BCUT2D eigenvalue weighted by Gasteiger charge is -2.28. The van der Waals surface area contributed by atoms with Gasteiger partial charge in [-0.1, -0.05) is 20.8 Å². The fourth-order valence-electron chi connectivity index (χ4n) is 3.06. The summed E-state index contributed by atoms with van der Waals surface area (Å²) in [6.45, 7) is 9.03. The summed E-state index contributed by atoms with van der Waals surface area (Å²) >= 11 is 0. The molecule has 0 unspecified atom stereocenters. The molecule has 0 radical (unpaired) electrons. The molecule has 0 aliphatic carbocycles. The lowest BCUT2D eigenvalue weighted by Crippen LogP contribution is -2.50. The zero-order chi connectivity index (χ0) is 16.2. The Bertz CT molecular complexity index is 364. The Hall–Kier alpha value is -0.690. The van der Waals surface area contributed by atoms with Crippen LogP contribution in [0, 0.1) is 5.41 Å². The second kappa shape index (κ2) is 7.73. The van der Waals surface area contributed by atoms with Gasteiger partial charge in [-0.05, 0) is 31.3 Å². The van der Waals surface area contributed by atoms with Gasteiger partial charge in [0, 0.05) is 19.0 Å². The van der Waals surface area contributed by atoms with Crippen LogP contribution >= 0.6 is 0 Å². The average Bonchev–Trinajstić information content (AvgIpc) is 2.77. The van der Waals surface area contributed by atoms with Crippen molar-refractivity contribution >= 4 is 5.91 Å². The molecule has 2 rings (SSSR count). The summed E-state index contributed by atoms with van der Waals surface area (Å²) in [7, 11) is 0. The topological polar surface area (TPSA) is 82.6 Å². The SMILES string of the molecule is CC(C)(C)CC(=O)NC[C@H]1OC[C@@H](NC2CCNCC2)[C@@H]1O. The molecule has 4 N–H and O–H groups in total. The summed E-state index contributed by atoms with van der Waals surface area (Å²) in [5.74, 6) is 0.0121. The predicted molar refractivity (Wildman–Crippen MR) is 85.6 cm³/mol. The molecule has 2 aliphatic rings. The molecule has 0 spiro atoms. The van der Waals surface area contributed by atoms with Crippen LogP contribution in [0.1, 0.15) is 40.0 Å². The molecule has 0 aromatic carbocycles. The monoisotopic (exact) mass is 313 g/mol. The average molecular weight is 313 g/mol. The zero-order valence-corrected chi connectivity index (χ0v) is 14.0. The zero-order valence-electron chi connectivity index (χ0n) is 14.0. The number of piperidine rings is 1. The molecule has 22 heavy (non-hydrogen) atoms. The first kappa shape index (κ1) is 17.7. The standard InChI is InChI=1S/C16H31N3O3/c1-16(2,3)8-14(20)18-9-13-15(21)12(10-22-13)19-11-4-6-17-7-5-11/h11-13,15,17,19,21H,4-10H2,1-3H3,(H,18,20)/t12-,13-,15+/m1/s1. The number of hydrogen-bond acceptors (Lipinski definition) is 5. The Morgan fingerprint density at radius 3 is 2.64 bits per heavy atom. The lowest BCUT2D eigenvalue weighted by atomic mass is 9.92. The maximum absolute atomic E-state index is 11.8. The maximum Gasteiger partial charge on any atom is 0.220 e. The number of hydrogen-bond donors (Lipinski definition) is 4. The van der Waals surface area contributed by atoms with Crippen molar-refractivity contribution < 1.29 is 14.6 Å². The predicted octanol–water partition coefficient (Wildman–Crippen LogP) is 0.00870. The van der Waals surface area contributed by atoms with Gasteiger partial charge in [-0.15, -0.1) is 0 Å². The molecule has 3 atom stereocenters. The van der Waals surface area contributed by atoms with Crippen molar-refractivity contribution in [1.29, 1.82) is 0 Å². The van der Waals surface area contributed by atoms with Gasteiger partial charge in [0.25, 0.3) is 0 Å². The summed E-state index contributed by atoms with van der Waals surface area (Å²) in [5.41, 5.74) is -0.0294. The molecule has 2 heterocycles. The molecule has 0 bridgehead atoms. The van der Waals surface area contributed by atoms with Crippen molar-refractivity contribution in [2.24, 2.45) is 5.41 Å². The number of ether oxygens (including phenoxy) is 1. The number of nitrogens with one attached hydrogen (secondary N) is 3. The Kier molecular flexibility index (Phi) is 6.20. The molecule has 2 fully saturated rings. The third-order valence-electron chi connectivity index (χ3n) is 4.26. The molecular formula is C16H31N3O3. The second-order valence-electron chi connectivity index (χ2n) is 7.70. The van der Waals surface area contributed by atoms with E-state index in [4.69, 9.17) is 4.74 Å². The van der Waals surface area contributed by atoms with Crippen LogP contribution in [0.25, 0.3) is 0 Å². The van der Waals surface area contributed by atoms with E-state index in [9.17, 15) is 9.90 Å². The molecule has 6 heteroatoms. The highest BCUT2D eigenvalue weighted by Gasteiger charge is 2.37. The number of carbonyl (C=O) groups excluding carboxylic acids is 1. The quantitative estimate of drug-likeness (QED) is 0.575. The summed E-state index contributed by atoms with van der Waals surface area (Å²) in [6, 6.07) is 0.409. The Balaban J connectivity index is 1.71. The highest BCUT2D eigenvalue weighted by Crippen LogP contribution is 2.19. The van der Waals surface area contributed by atoms with Gasteiger partial charge < -0.3 is 25.8 Å². The Morgan fingerprint density at radius 1 is 1.32 bits per heavy atom. The summed E-state index contributed by atoms with van der Waals surface area (Å²) in [4.78, 5) is 11.8. The number of aliphatic hydroxyl groups excluding tert-OH is 1. The first-order valence-electron chi connectivity index (χ1n) is 8.38. The van der Waals surface area contributed by atoms with E-state index in [0.29, 0.717) is 25.6 Å². The Morgan fingerprint density at radius 2 is 2.00 bits per heavy atom. The van der Waals surface area contributed by atoms with Gasteiger partial charge in [0.1, 0.15) is 6.10 Å². The van der Waals surface area contributed by atoms with Crippen molar-refractivity contribution in [3.63, 3.8) is 0 Å². The van der Waals surface area contributed by atoms with Crippen LogP contribution in [-0.4, -0.2) is 61.5 Å². The maximum atomic E-state index is 11.8. The van der Waals surface area contributed by atoms with Crippen LogP contribution in [-0.2, 0) is 9.53 Å². The molecule has 0 aromatic rings. The third kappa shape index (κ3) is 5.50. The fourth-order valence-corrected chi connectivity index (χ4v) is 3.06. The van der Waals surface area contributed by atoms with Crippen LogP contribution in [0.3, 0.4) is 0 Å². The highest BCUT2D eigenvalue weighted by atomic mass is 16.5. The van der Waals surface area contributed by atoms with Crippen LogP contribution in [0.4, 0.5) is 0 Å². The normalized spacial score (nSPS) is 30.5. The van der Waals surface area contributed by atoms with Gasteiger partial charge in [-0.2, -0.15) is 0 Å². The van der Waals surface area contributed by atoms with E-state index >= 15 is 0 Å². The van der Waals surface area contributed by atoms with Gasteiger partial charge in [0.15, 0.2) is 0 Å². The molecule has 0 aromatic heterocycles. The minimum absolute atomic E-state index is 0.0121. The summed E-state index contributed by atoms with van der Waals surface area (Å²) < 4.78 is 5.66. The molecule has 6 nitrogen and oxygen atoms in total. The molecule has 2 aliphatic heterocycles. The van der Waals surface area contributed by atoms with E-state index in [2.05, 4.69) is 16.0 Å². The van der Waals surface area contributed by atoms with Gasteiger partial charge in [-0.3, -0.25) is 4.79 Å². The van der Waals surface area contributed by atoms with E-state index in [-0.39, 0.29) is 23.5 Å². The molecule has 1 amide bonds. The van der Waals surface area contributed by atoms with E-state index in [1.54, 1.807) is 0 Å². The fraction of sp³-hybridized carbons (Fsp3) is 0.938. The third-order valence-corrected chi connectivity index (χ3v) is 4.26. The first-order valence-corrected chi connectivity index (χ1v) is 8.38. The summed E-state index contributed by atoms with van der Waals surface area (Å²) in [6.07, 6.45) is 1.76. The highest BCUT2D eigenvalue weighted by molar-refractivity contribution is 5.76. The number of aliphatic hydroxyl groups is 1. The smallest absolute Gasteiger partial charge is 0.220 e. The first-order chi connectivity index (χ1) is 10.3. The minimum Gasteiger partial charge on any atom is -0.389 e. The van der Waals surface area contributed by atoms with Crippen molar-refractivity contribution in [1.82, 2.24) is 16.0 Å². The lowest BCUT2D eigenvalue weighted by molar-refractivity contribution is -0.123. The van der Waals surface area contributed by atoms with Gasteiger partial charge >= 0.3 is 0 Å². The van der Waals surface area contributed by atoms with Crippen molar-refractivity contribution in [3.05, 3.63) is 0 Å². The Labute approximate surface area is 133 Å². The minimum atomic E-state index is -0.565. The van der Waals surface area contributed by atoms with E-state index < -0.39 is 6.10 Å². The van der Waals surface area contributed by atoms with Crippen LogP contribution in [0.5, 0.6) is 0 Å². The van der Waals surface area contributed by atoms with Crippen LogP contribution < -0.4 is 16.0 Å². The van der Waals surface area contributed by atoms with Crippen molar-refractivity contribution in [2.75, 3.05) is 26.2 Å². The van der Waals surface area contributed by atoms with Gasteiger partial charge in [0.2, 0.25) is 5.91 Å². The van der Waals surface area contributed by atoms with Crippen molar-refractivity contribution in [3.8, 4) is 0 Å². The largest absolute Gasteiger partial charge is 0.389 e. The molecule has 2 saturated heterocycles. The number of carbonyl (C=O) groups is 1. The molecule has 128 valence electrons. The van der Waals surface area contributed by atoms with E-state index in [1.165, 1.54) is 0 Å². The summed E-state index contributed by atoms with van der Waals surface area (Å²) in [5, 5.41) is 20.1. The second-order valence-corrected chi connectivity index (χ2v) is 7.70. The molecular weight excluding hydrogens is 282 g/mol. The van der Waals surface area contributed by atoms with Crippen molar-refractivity contribution in [2.45, 2.75) is 64.3 Å². The van der Waals surface area contributed by atoms with Crippen LogP contribution in [0.2, 0.25) is 0 Å². The van der Waals surface area contributed by atoms with Gasteiger partial charge in [0.05, 0.1) is 18.8 Å². The number of amides is 1. The molecule has 0 saturated carbocycles. The number of rotatable bonds is 5. The van der Waals surface area contributed by atoms with Gasteiger partial charge in [-0.25, -0.2) is 0 Å².